The molecule has 1 heterocycles. The number of carbonyl (C=O) groups excluding carboxylic acids is 3. The third kappa shape index (κ3) is 6.36. The van der Waals surface area contributed by atoms with Crippen molar-refractivity contribution in [1.29, 1.82) is 0 Å². The highest BCUT2D eigenvalue weighted by Gasteiger charge is 2.35. The molecule has 5 rings (SSSR count). The number of benzene rings is 3. The van der Waals surface area contributed by atoms with E-state index in [4.69, 9.17) is 4.74 Å². The molecule has 1 saturated heterocycles. The van der Waals surface area contributed by atoms with Crippen LogP contribution in [0.1, 0.15) is 36.8 Å². The molecule has 0 radical (unpaired) electrons. The Morgan fingerprint density at radius 2 is 1.54 bits per heavy atom. The van der Waals surface area contributed by atoms with Gasteiger partial charge in [0.05, 0.1) is 0 Å². The summed E-state index contributed by atoms with van der Waals surface area (Å²) in [7, 11) is 0. The van der Waals surface area contributed by atoms with Gasteiger partial charge in [-0.2, -0.15) is 0 Å². The summed E-state index contributed by atoms with van der Waals surface area (Å²) in [4.78, 5) is 39.3. The molecular formula is C30H31N3O4. The number of amides is 3. The maximum absolute atomic E-state index is 13.1. The van der Waals surface area contributed by atoms with Crippen LogP contribution >= 0.6 is 0 Å². The van der Waals surface area contributed by atoms with Crippen LogP contribution in [0.4, 0.5) is 10.5 Å². The number of carbonyl (C=O) groups is 3. The van der Waals surface area contributed by atoms with Crippen molar-refractivity contribution in [3.63, 3.8) is 0 Å². The Morgan fingerprint density at radius 3 is 2.32 bits per heavy atom. The van der Waals surface area contributed by atoms with Gasteiger partial charge in [-0.05, 0) is 66.1 Å². The SMILES string of the molecule is O=C(NCc1cccc(-c2cccc(NC(=O)[C@@H]3CCCN3C(=O)OCc3ccccc3)c2)c1)C1CC1. The van der Waals surface area contributed by atoms with Crippen molar-refractivity contribution in [2.75, 3.05) is 11.9 Å². The molecule has 2 fully saturated rings. The molecule has 1 atom stereocenters. The smallest absolute Gasteiger partial charge is 0.410 e. The van der Waals surface area contributed by atoms with Crippen LogP contribution in [0.25, 0.3) is 11.1 Å². The van der Waals surface area contributed by atoms with Gasteiger partial charge in [-0.25, -0.2) is 4.79 Å². The Morgan fingerprint density at radius 1 is 0.811 bits per heavy atom. The van der Waals surface area contributed by atoms with Crippen LogP contribution < -0.4 is 10.6 Å². The van der Waals surface area contributed by atoms with E-state index in [1.54, 1.807) is 0 Å². The lowest BCUT2D eigenvalue weighted by Gasteiger charge is -2.23. The molecule has 0 spiro atoms. The Hall–Kier alpha value is -4.13. The van der Waals surface area contributed by atoms with E-state index in [-0.39, 0.29) is 24.3 Å². The van der Waals surface area contributed by atoms with E-state index in [0.717, 1.165) is 41.5 Å². The summed E-state index contributed by atoms with van der Waals surface area (Å²) >= 11 is 0. The molecule has 7 nitrogen and oxygen atoms in total. The Labute approximate surface area is 216 Å². The molecular weight excluding hydrogens is 466 g/mol. The largest absolute Gasteiger partial charge is 0.445 e. The second-order valence-electron chi connectivity index (χ2n) is 9.65. The van der Waals surface area contributed by atoms with Gasteiger partial charge in [-0.15, -0.1) is 0 Å². The van der Waals surface area contributed by atoms with Gasteiger partial charge in [-0.3, -0.25) is 14.5 Å². The number of likely N-dealkylation sites (tertiary alicyclic amines) is 1. The maximum Gasteiger partial charge on any atom is 0.410 e. The first-order valence-electron chi connectivity index (χ1n) is 12.8. The van der Waals surface area contributed by atoms with Gasteiger partial charge in [0.15, 0.2) is 0 Å². The fraction of sp³-hybridized carbons (Fsp3) is 0.300. The molecule has 1 aliphatic heterocycles. The standard InChI is InChI=1S/C30H31N3O4/c34-28(23-14-15-23)31-19-22-9-4-10-24(17-22)25-11-5-12-26(18-25)32-29(35)27-13-6-16-33(27)30(36)37-20-21-7-2-1-3-8-21/h1-5,7-12,17-18,23,27H,6,13-16,19-20H2,(H,31,34)(H,32,35)/t27-/m0/s1. The van der Waals surface area contributed by atoms with Crippen molar-refractivity contribution in [3.05, 3.63) is 90.0 Å². The van der Waals surface area contributed by atoms with E-state index in [1.165, 1.54) is 4.90 Å². The van der Waals surface area contributed by atoms with Crippen molar-refractivity contribution < 1.29 is 19.1 Å². The van der Waals surface area contributed by atoms with Gasteiger partial charge in [0, 0.05) is 24.7 Å². The minimum absolute atomic E-state index is 0.125. The predicted molar refractivity (Wildman–Crippen MR) is 141 cm³/mol. The number of rotatable bonds is 8. The van der Waals surface area contributed by atoms with E-state index >= 15 is 0 Å². The zero-order valence-corrected chi connectivity index (χ0v) is 20.7. The lowest BCUT2D eigenvalue weighted by atomic mass is 10.0. The molecule has 1 saturated carbocycles. The van der Waals surface area contributed by atoms with Crippen molar-refractivity contribution in [2.45, 2.75) is 44.9 Å². The summed E-state index contributed by atoms with van der Waals surface area (Å²) in [5.74, 6) is 0.0906. The zero-order valence-electron chi connectivity index (χ0n) is 20.7. The second-order valence-corrected chi connectivity index (χ2v) is 9.65. The Kier molecular flexibility index (Phi) is 7.49. The number of nitrogens with zero attached hydrogens (tertiary/aromatic N) is 1. The molecule has 3 aromatic carbocycles. The summed E-state index contributed by atoms with van der Waals surface area (Å²) in [6, 6.07) is 24.6. The lowest BCUT2D eigenvalue weighted by molar-refractivity contribution is -0.122. The molecule has 2 N–H and O–H groups in total. The molecule has 0 unspecified atom stereocenters. The van der Waals surface area contributed by atoms with Gasteiger partial charge in [0.1, 0.15) is 12.6 Å². The molecule has 2 aliphatic rings. The third-order valence-corrected chi connectivity index (χ3v) is 6.80. The van der Waals surface area contributed by atoms with Gasteiger partial charge in [0.2, 0.25) is 11.8 Å². The molecule has 3 amide bonds. The zero-order chi connectivity index (χ0) is 25.6. The minimum atomic E-state index is -0.565. The second kappa shape index (κ2) is 11.3. The summed E-state index contributed by atoms with van der Waals surface area (Å²) in [6.07, 6.45) is 2.85. The average Bonchev–Trinajstić information content (AvgIpc) is 3.67. The normalized spacial score (nSPS) is 16.8. The third-order valence-electron chi connectivity index (χ3n) is 6.80. The first-order valence-corrected chi connectivity index (χ1v) is 12.8. The molecule has 1 aliphatic carbocycles. The van der Waals surface area contributed by atoms with Crippen molar-refractivity contribution in [3.8, 4) is 11.1 Å². The number of ether oxygens (including phenoxy) is 1. The molecule has 3 aromatic rings. The van der Waals surface area contributed by atoms with Crippen LogP contribution in [-0.2, 0) is 27.5 Å². The van der Waals surface area contributed by atoms with Gasteiger partial charge >= 0.3 is 6.09 Å². The molecule has 190 valence electrons. The van der Waals surface area contributed by atoms with E-state index in [2.05, 4.69) is 16.7 Å². The highest BCUT2D eigenvalue weighted by Crippen LogP contribution is 2.29. The quantitative estimate of drug-likeness (QED) is 0.452. The topological polar surface area (TPSA) is 87.7 Å². The summed E-state index contributed by atoms with van der Waals surface area (Å²) in [5, 5.41) is 5.98. The van der Waals surface area contributed by atoms with Crippen LogP contribution in [0, 0.1) is 5.92 Å². The summed E-state index contributed by atoms with van der Waals surface area (Å²) in [6.45, 7) is 1.17. The highest BCUT2D eigenvalue weighted by molar-refractivity contribution is 5.97. The molecule has 0 aromatic heterocycles. The van der Waals surface area contributed by atoms with E-state index in [0.29, 0.717) is 25.2 Å². The Bertz CT molecular complexity index is 1270. The summed E-state index contributed by atoms with van der Waals surface area (Å²) < 4.78 is 5.46. The van der Waals surface area contributed by atoms with Crippen LogP contribution in [0.5, 0.6) is 0 Å². The van der Waals surface area contributed by atoms with Crippen LogP contribution in [0.3, 0.4) is 0 Å². The monoisotopic (exact) mass is 497 g/mol. The molecule has 37 heavy (non-hydrogen) atoms. The molecule has 0 bridgehead atoms. The van der Waals surface area contributed by atoms with E-state index < -0.39 is 12.1 Å². The predicted octanol–water partition coefficient (Wildman–Crippen LogP) is 5.12. The minimum Gasteiger partial charge on any atom is -0.445 e. The van der Waals surface area contributed by atoms with Gasteiger partial charge in [0.25, 0.3) is 0 Å². The van der Waals surface area contributed by atoms with Crippen molar-refractivity contribution >= 4 is 23.6 Å². The van der Waals surface area contributed by atoms with Crippen LogP contribution in [0.15, 0.2) is 78.9 Å². The summed E-state index contributed by atoms with van der Waals surface area (Å²) in [5.41, 5.74) is 4.55. The van der Waals surface area contributed by atoms with Gasteiger partial charge < -0.3 is 15.4 Å². The first kappa shape index (κ1) is 24.6. The Balaban J connectivity index is 1.20. The lowest BCUT2D eigenvalue weighted by Crippen LogP contribution is -2.43. The van der Waals surface area contributed by atoms with Crippen LogP contribution in [-0.4, -0.2) is 35.4 Å². The van der Waals surface area contributed by atoms with Crippen molar-refractivity contribution in [1.82, 2.24) is 10.2 Å². The van der Waals surface area contributed by atoms with Crippen molar-refractivity contribution in [2.24, 2.45) is 5.92 Å². The number of anilines is 1. The van der Waals surface area contributed by atoms with E-state index in [1.807, 2.05) is 72.8 Å². The van der Waals surface area contributed by atoms with Crippen LogP contribution in [0.2, 0.25) is 0 Å². The van der Waals surface area contributed by atoms with E-state index in [9.17, 15) is 14.4 Å². The number of hydrogen-bond acceptors (Lipinski definition) is 4. The number of hydrogen-bond donors (Lipinski definition) is 2. The number of nitrogens with one attached hydrogen (secondary N) is 2. The average molecular weight is 498 g/mol. The maximum atomic E-state index is 13.1. The highest BCUT2D eigenvalue weighted by atomic mass is 16.6. The van der Waals surface area contributed by atoms with Gasteiger partial charge in [-0.1, -0.05) is 60.7 Å². The fourth-order valence-electron chi connectivity index (χ4n) is 4.60. The fourth-order valence-corrected chi connectivity index (χ4v) is 4.60. The first-order chi connectivity index (χ1) is 18.1. The molecule has 7 heteroatoms.